The maximum Gasteiger partial charge on any atom is 0.417 e. The molecule has 4 rings (SSSR count). The molecule has 2 aromatic heterocycles. The highest BCUT2D eigenvalue weighted by molar-refractivity contribution is 6.74. The normalized spacial score (nSPS) is 20.5. The number of hydrogen-bond acceptors (Lipinski definition) is 5. The van der Waals surface area contributed by atoms with Gasteiger partial charge in [0.05, 0.1) is 36.3 Å². The third kappa shape index (κ3) is 6.63. The zero-order valence-electron chi connectivity index (χ0n) is 25.9. The molecule has 1 N–H and O–H groups in total. The Labute approximate surface area is 243 Å². The number of halogens is 3. The van der Waals surface area contributed by atoms with E-state index in [1.165, 1.54) is 6.07 Å². The molecule has 0 amide bonds. The van der Waals surface area contributed by atoms with Gasteiger partial charge in [-0.2, -0.15) is 13.2 Å². The van der Waals surface area contributed by atoms with Crippen molar-refractivity contribution in [3.05, 3.63) is 63.7 Å². The number of ether oxygens (including phenoxy) is 1. The summed E-state index contributed by atoms with van der Waals surface area (Å²) in [7, 11) is -2.22. The summed E-state index contributed by atoms with van der Waals surface area (Å²) < 4.78 is 52.7. The first-order valence-corrected chi connectivity index (χ1v) is 17.5. The number of nitrogens with zero attached hydrogens (tertiary/aromatic N) is 2. The number of pyridine rings is 2. The fraction of sp³-hybridized carbons (Fsp3) is 0.625. The molecule has 3 heterocycles. The monoisotopic (exact) mass is 590 g/mol. The van der Waals surface area contributed by atoms with Crippen molar-refractivity contribution in [1.82, 2.24) is 9.97 Å². The number of aliphatic hydroxyl groups is 1. The summed E-state index contributed by atoms with van der Waals surface area (Å²) in [6.07, 6.45) is -0.911. The summed E-state index contributed by atoms with van der Waals surface area (Å²) in [4.78, 5) is 9.31. The first kappa shape index (κ1) is 31.9. The van der Waals surface area contributed by atoms with Crippen LogP contribution in [0, 0.1) is 5.41 Å². The molecule has 2 atom stereocenters. The number of hydrogen-bond donors (Lipinski definition) is 1. The Morgan fingerprint density at radius 2 is 1.83 bits per heavy atom. The van der Waals surface area contributed by atoms with Crippen LogP contribution >= 0.6 is 0 Å². The van der Waals surface area contributed by atoms with Gasteiger partial charge in [0.25, 0.3) is 0 Å². The highest BCUT2D eigenvalue weighted by Crippen LogP contribution is 2.51. The molecule has 0 radical (unpaired) electrons. The predicted molar refractivity (Wildman–Crippen MR) is 158 cm³/mol. The van der Waals surface area contributed by atoms with Crippen LogP contribution in [0.2, 0.25) is 18.1 Å². The molecule has 9 heteroatoms. The van der Waals surface area contributed by atoms with Gasteiger partial charge in [-0.05, 0) is 72.0 Å². The van der Waals surface area contributed by atoms with Crippen molar-refractivity contribution in [2.75, 3.05) is 13.2 Å². The van der Waals surface area contributed by atoms with Crippen LogP contribution in [-0.4, -0.2) is 36.6 Å². The van der Waals surface area contributed by atoms with Gasteiger partial charge in [0.1, 0.15) is 6.10 Å². The lowest BCUT2D eigenvalue weighted by molar-refractivity contribution is -0.137. The topological polar surface area (TPSA) is 64.5 Å². The highest BCUT2D eigenvalue weighted by Gasteiger charge is 2.45. The summed E-state index contributed by atoms with van der Waals surface area (Å²) >= 11 is 0. The van der Waals surface area contributed by atoms with E-state index in [1.807, 2.05) is 13.8 Å². The summed E-state index contributed by atoms with van der Waals surface area (Å²) in [5.41, 5.74) is 4.58. The van der Waals surface area contributed by atoms with Gasteiger partial charge < -0.3 is 14.3 Å². The Morgan fingerprint density at radius 1 is 1.15 bits per heavy atom. The number of aromatic nitrogens is 2. The fourth-order valence-electron chi connectivity index (χ4n) is 5.63. The summed E-state index contributed by atoms with van der Waals surface area (Å²) in [5, 5.41) is 11.9. The Kier molecular flexibility index (Phi) is 8.71. The molecular weight excluding hydrogens is 545 g/mol. The standard InChI is InChI=1S/C32H45F3N2O3Si/c1-19(2)28-27(29(38)22-11-10-21(18-36-22)32(33,34)35)25(20-12-14-39-15-13-20)26-23(37-28)16-31(6,7)17-24(26)40-41(8,9)30(3,4)5/h10-12,18-19,24,29,38H,13-17H2,1-9H3/t24?,29-/m0/s1. The van der Waals surface area contributed by atoms with Crippen LogP contribution in [0.3, 0.4) is 0 Å². The minimum atomic E-state index is -4.51. The van der Waals surface area contributed by atoms with Crippen molar-refractivity contribution >= 4 is 13.9 Å². The Bertz CT molecular complexity index is 1300. The second kappa shape index (κ2) is 11.2. The fourth-order valence-corrected chi connectivity index (χ4v) is 6.89. The first-order valence-electron chi connectivity index (χ1n) is 14.5. The van der Waals surface area contributed by atoms with Crippen LogP contribution < -0.4 is 0 Å². The summed E-state index contributed by atoms with van der Waals surface area (Å²) in [5.74, 6) is -0.0385. The molecular formula is C32H45F3N2O3Si. The first-order chi connectivity index (χ1) is 18.8. The molecule has 0 spiro atoms. The van der Waals surface area contributed by atoms with Gasteiger partial charge >= 0.3 is 6.18 Å². The van der Waals surface area contributed by atoms with Crippen molar-refractivity contribution in [3.63, 3.8) is 0 Å². The molecule has 2 aromatic rings. The number of rotatable bonds is 6. The van der Waals surface area contributed by atoms with E-state index in [0.29, 0.717) is 25.2 Å². The van der Waals surface area contributed by atoms with Crippen LogP contribution in [0.1, 0.15) is 119 Å². The quantitative estimate of drug-likeness (QED) is 0.342. The molecule has 5 nitrogen and oxygen atoms in total. The lowest BCUT2D eigenvalue weighted by Crippen LogP contribution is -2.44. The van der Waals surface area contributed by atoms with Crippen molar-refractivity contribution in [2.45, 2.75) is 110 Å². The smallest absolute Gasteiger partial charge is 0.410 e. The largest absolute Gasteiger partial charge is 0.417 e. The van der Waals surface area contributed by atoms with E-state index >= 15 is 0 Å². The van der Waals surface area contributed by atoms with Crippen LogP contribution in [0.5, 0.6) is 0 Å². The molecule has 0 bridgehead atoms. The lowest BCUT2D eigenvalue weighted by atomic mass is 9.71. The van der Waals surface area contributed by atoms with E-state index in [2.05, 4.69) is 58.8 Å². The van der Waals surface area contributed by atoms with Gasteiger partial charge in [0, 0.05) is 23.0 Å². The summed E-state index contributed by atoms with van der Waals surface area (Å²) in [6.45, 7) is 20.7. The van der Waals surface area contributed by atoms with Gasteiger partial charge in [-0.15, -0.1) is 0 Å². The van der Waals surface area contributed by atoms with Crippen molar-refractivity contribution in [1.29, 1.82) is 0 Å². The van der Waals surface area contributed by atoms with E-state index in [-0.39, 0.29) is 28.2 Å². The highest BCUT2D eigenvalue weighted by atomic mass is 28.4. The van der Waals surface area contributed by atoms with E-state index in [1.54, 1.807) is 0 Å². The number of alkyl halides is 3. The molecule has 0 fully saturated rings. The molecule has 0 saturated heterocycles. The zero-order valence-corrected chi connectivity index (χ0v) is 26.9. The van der Waals surface area contributed by atoms with Crippen LogP contribution in [-0.2, 0) is 21.8 Å². The third-order valence-corrected chi connectivity index (χ3v) is 13.3. The van der Waals surface area contributed by atoms with Gasteiger partial charge in [-0.1, -0.05) is 54.5 Å². The van der Waals surface area contributed by atoms with Crippen molar-refractivity contribution in [3.8, 4) is 0 Å². The number of fused-ring (bicyclic) bond motifs is 1. The molecule has 2 aliphatic rings. The average molecular weight is 591 g/mol. The molecule has 41 heavy (non-hydrogen) atoms. The van der Waals surface area contributed by atoms with Gasteiger partial charge in [-0.25, -0.2) is 0 Å². The second-order valence-electron chi connectivity index (χ2n) is 14.1. The predicted octanol–water partition coefficient (Wildman–Crippen LogP) is 8.54. The van der Waals surface area contributed by atoms with Gasteiger partial charge in [0.2, 0.25) is 0 Å². The molecule has 0 aromatic carbocycles. The molecule has 226 valence electrons. The second-order valence-corrected chi connectivity index (χ2v) is 18.9. The van der Waals surface area contributed by atoms with Crippen molar-refractivity contribution in [2.24, 2.45) is 5.41 Å². The average Bonchev–Trinajstić information content (AvgIpc) is 2.85. The third-order valence-electron chi connectivity index (χ3n) is 8.83. The molecule has 0 saturated carbocycles. The maximum atomic E-state index is 13.3. The van der Waals surface area contributed by atoms with E-state index in [9.17, 15) is 18.3 Å². The Morgan fingerprint density at radius 3 is 2.34 bits per heavy atom. The van der Waals surface area contributed by atoms with Crippen molar-refractivity contribution < 1.29 is 27.4 Å². The Balaban J connectivity index is 2.01. The summed E-state index contributed by atoms with van der Waals surface area (Å²) in [6, 6.07) is 2.25. The SMILES string of the molecule is CC(C)c1nc2c(c(C3=CCOCC3)c1[C@@H](O)c1ccc(C(F)(F)F)cn1)C(O[Si](C)(C)C(C)(C)C)CC(C)(C)C2. The van der Waals surface area contributed by atoms with Gasteiger partial charge in [0.15, 0.2) is 8.32 Å². The Hall–Kier alpha value is -2.07. The van der Waals surface area contributed by atoms with E-state index < -0.39 is 26.2 Å². The van der Waals surface area contributed by atoms with Gasteiger partial charge in [-0.3, -0.25) is 9.97 Å². The minimum Gasteiger partial charge on any atom is -0.410 e. The van der Waals surface area contributed by atoms with Crippen LogP contribution in [0.25, 0.3) is 5.57 Å². The van der Waals surface area contributed by atoms with Crippen LogP contribution in [0.4, 0.5) is 13.2 Å². The zero-order chi connectivity index (χ0) is 30.5. The van der Waals surface area contributed by atoms with E-state index in [4.69, 9.17) is 14.1 Å². The molecule has 1 aliphatic heterocycles. The minimum absolute atomic E-state index is 0.00927. The van der Waals surface area contributed by atoms with E-state index in [0.717, 1.165) is 53.2 Å². The number of aliphatic hydroxyl groups excluding tert-OH is 1. The molecule has 1 unspecified atom stereocenters. The molecule has 1 aliphatic carbocycles. The van der Waals surface area contributed by atoms with Crippen LogP contribution in [0.15, 0.2) is 24.4 Å². The lowest BCUT2D eigenvalue weighted by Gasteiger charge is -2.45. The maximum absolute atomic E-state index is 13.3.